The highest BCUT2D eigenvalue weighted by Crippen LogP contribution is 2.13. The highest BCUT2D eigenvalue weighted by Gasteiger charge is 2.12. The Morgan fingerprint density at radius 2 is 1.97 bits per heavy atom. The van der Waals surface area contributed by atoms with Gasteiger partial charge in [0.25, 0.3) is 0 Å². The van der Waals surface area contributed by atoms with Gasteiger partial charge < -0.3 is 9.30 Å². The number of nitrogens with zero attached hydrogens (tertiary/aromatic N) is 4. The summed E-state index contributed by atoms with van der Waals surface area (Å²) in [6.45, 7) is 3.42. The van der Waals surface area contributed by atoms with Crippen molar-refractivity contribution in [3.8, 4) is 0 Å². The van der Waals surface area contributed by atoms with E-state index in [1.54, 1.807) is 0 Å². The van der Waals surface area contributed by atoms with Gasteiger partial charge >= 0.3 is 0 Å². The third-order valence-electron chi connectivity index (χ3n) is 4.84. The first-order valence-electron chi connectivity index (χ1n) is 10.0. The Bertz CT molecular complexity index is 1160. The fraction of sp³-hybridized carbons (Fsp3) is 0.167. The van der Waals surface area contributed by atoms with Crippen LogP contribution in [-0.2, 0) is 24.5 Å². The first-order valence-corrected chi connectivity index (χ1v) is 10.0. The van der Waals surface area contributed by atoms with Crippen LogP contribution in [0, 0.1) is 6.92 Å². The molecular formula is C24H23N5O2. The molecule has 0 saturated carbocycles. The van der Waals surface area contributed by atoms with Crippen LogP contribution in [0.15, 0.2) is 72.9 Å². The van der Waals surface area contributed by atoms with E-state index in [1.807, 2.05) is 84.4 Å². The number of hydrogen-bond acceptors (Lipinski definition) is 5. The van der Waals surface area contributed by atoms with E-state index in [4.69, 9.17) is 4.74 Å². The van der Waals surface area contributed by atoms with Crippen molar-refractivity contribution < 1.29 is 9.53 Å². The van der Waals surface area contributed by atoms with Gasteiger partial charge in [-0.1, -0.05) is 60.2 Å². The molecule has 156 valence electrons. The van der Waals surface area contributed by atoms with Crippen molar-refractivity contribution in [2.45, 2.75) is 26.7 Å². The smallest absolute Gasteiger partial charge is 0.209 e. The lowest BCUT2D eigenvalue weighted by Crippen LogP contribution is -2.09. The molecule has 2 aromatic carbocycles. The Balaban J connectivity index is 1.36. The second kappa shape index (κ2) is 9.77. The van der Waals surface area contributed by atoms with Gasteiger partial charge in [-0.25, -0.2) is 5.10 Å². The number of ketones is 1. The van der Waals surface area contributed by atoms with Gasteiger partial charge in [0.15, 0.2) is 5.82 Å². The maximum atomic E-state index is 12.8. The van der Waals surface area contributed by atoms with Crippen LogP contribution >= 0.6 is 0 Å². The number of tetrazole rings is 1. The van der Waals surface area contributed by atoms with E-state index in [0.717, 1.165) is 16.7 Å². The molecule has 7 heteroatoms. The number of aromatic nitrogens is 5. The maximum Gasteiger partial charge on any atom is 0.209 e. The van der Waals surface area contributed by atoms with E-state index in [2.05, 4.69) is 26.7 Å². The summed E-state index contributed by atoms with van der Waals surface area (Å²) in [5, 5.41) is 13.5. The Kier molecular flexibility index (Phi) is 6.44. The molecule has 4 rings (SSSR count). The van der Waals surface area contributed by atoms with E-state index in [0.29, 0.717) is 36.8 Å². The molecule has 0 amide bonds. The predicted octanol–water partition coefficient (Wildman–Crippen LogP) is 3.97. The average Bonchev–Trinajstić information content (AvgIpc) is 3.46. The predicted molar refractivity (Wildman–Crippen MR) is 117 cm³/mol. The summed E-state index contributed by atoms with van der Waals surface area (Å²) >= 11 is 0. The maximum absolute atomic E-state index is 12.8. The van der Waals surface area contributed by atoms with Crippen LogP contribution in [0.4, 0.5) is 0 Å². The standard InChI is InChI=1S/C24H23N5O2/c1-18-9-11-21(12-10-18)24(30)22-8-4-14-29(22)13-3-7-19-5-2-6-20(15-19)16-31-17-23-25-27-28-26-23/h2-12,14-15H,13,16-17H2,1H3,(H,25,26,27,28)/b7-3+. The molecule has 2 heterocycles. The van der Waals surface area contributed by atoms with E-state index in [9.17, 15) is 4.79 Å². The average molecular weight is 413 g/mol. The lowest BCUT2D eigenvalue weighted by molar-refractivity contribution is 0.102. The Labute approximate surface area is 180 Å². The summed E-state index contributed by atoms with van der Waals surface area (Å²) in [5.41, 5.74) is 4.64. The first kappa shape index (κ1) is 20.4. The number of benzene rings is 2. The monoisotopic (exact) mass is 413 g/mol. The van der Waals surface area contributed by atoms with Crippen molar-refractivity contribution in [3.05, 3.63) is 107 Å². The topological polar surface area (TPSA) is 85.7 Å². The van der Waals surface area contributed by atoms with Crippen LogP contribution in [0.5, 0.6) is 0 Å². The molecule has 0 unspecified atom stereocenters. The highest BCUT2D eigenvalue weighted by atomic mass is 16.5. The minimum atomic E-state index is 0.0273. The van der Waals surface area contributed by atoms with E-state index >= 15 is 0 Å². The Hall–Kier alpha value is -3.84. The van der Waals surface area contributed by atoms with E-state index in [1.165, 1.54) is 0 Å². The minimum Gasteiger partial charge on any atom is -0.369 e. The molecular weight excluding hydrogens is 390 g/mol. The van der Waals surface area contributed by atoms with Crippen molar-refractivity contribution in [2.75, 3.05) is 0 Å². The van der Waals surface area contributed by atoms with Crippen molar-refractivity contribution in [1.29, 1.82) is 0 Å². The molecule has 0 aliphatic heterocycles. The summed E-state index contributed by atoms with van der Waals surface area (Å²) < 4.78 is 7.59. The zero-order valence-corrected chi connectivity index (χ0v) is 17.2. The quantitative estimate of drug-likeness (QED) is 0.420. The zero-order valence-electron chi connectivity index (χ0n) is 17.2. The van der Waals surface area contributed by atoms with Gasteiger partial charge in [-0.3, -0.25) is 4.79 Å². The third kappa shape index (κ3) is 5.40. The Morgan fingerprint density at radius 3 is 2.77 bits per heavy atom. The summed E-state index contributed by atoms with van der Waals surface area (Å²) in [7, 11) is 0. The molecule has 4 aromatic rings. The molecule has 0 radical (unpaired) electrons. The van der Waals surface area contributed by atoms with Crippen molar-refractivity contribution in [3.63, 3.8) is 0 Å². The normalized spacial score (nSPS) is 11.3. The van der Waals surface area contributed by atoms with Crippen LogP contribution in [0.1, 0.15) is 38.6 Å². The molecule has 0 atom stereocenters. The molecule has 0 saturated heterocycles. The zero-order chi connectivity index (χ0) is 21.5. The first-order chi connectivity index (χ1) is 15.2. The van der Waals surface area contributed by atoms with Crippen LogP contribution < -0.4 is 0 Å². The number of rotatable bonds is 9. The van der Waals surface area contributed by atoms with Crippen LogP contribution in [0.2, 0.25) is 0 Å². The lowest BCUT2D eigenvalue weighted by atomic mass is 10.1. The van der Waals surface area contributed by atoms with Crippen LogP contribution in [0.3, 0.4) is 0 Å². The number of carbonyl (C=O) groups excluding carboxylic acids is 1. The molecule has 0 aliphatic rings. The van der Waals surface area contributed by atoms with Crippen molar-refractivity contribution >= 4 is 11.9 Å². The number of allylic oxidation sites excluding steroid dienone is 1. The number of ether oxygens (including phenoxy) is 1. The van der Waals surface area contributed by atoms with Gasteiger partial charge in [-0.2, -0.15) is 0 Å². The number of aromatic amines is 1. The van der Waals surface area contributed by atoms with Crippen molar-refractivity contribution in [1.82, 2.24) is 25.2 Å². The van der Waals surface area contributed by atoms with Crippen molar-refractivity contribution in [2.24, 2.45) is 0 Å². The third-order valence-corrected chi connectivity index (χ3v) is 4.84. The molecule has 0 aliphatic carbocycles. The number of hydrogen-bond donors (Lipinski definition) is 1. The second-order valence-electron chi connectivity index (χ2n) is 7.23. The molecule has 0 spiro atoms. The molecule has 0 bridgehead atoms. The molecule has 0 fully saturated rings. The lowest BCUT2D eigenvalue weighted by Gasteiger charge is -2.07. The number of aryl methyl sites for hydroxylation is 1. The van der Waals surface area contributed by atoms with E-state index < -0.39 is 0 Å². The fourth-order valence-electron chi connectivity index (χ4n) is 3.23. The molecule has 2 aromatic heterocycles. The summed E-state index contributed by atoms with van der Waals surface area (Å²) in [6, 6.07) is 19.5. The van der Waals surface area contributed by atoms with Crippen LogP contribution in [0.25, 0.3) is 6.08 Å². The van der Waals surface area contributed by atoms with Gasteiger partial charge in [0.2, 0.25) is 5.78 Å². The van der Waals surface area contributed by atoms with Gasteiger partial charge in [0.05, 0.1) is 12.3 Å². The van der Waals surface area contributed by atoms with Gasteiger partial charge in [0.1, 0.15) is 6.61 Å². The summed E-state index contributed by atoms with van der Waals surface area (Å²) in [6.07, 6.45) is 6.02. The highest BCUT2D eigenvalue weighted by molar-refractivity contribution is 6.08. The minimum absolute atomic E-state index is 0.0273. The Morgan fingerprint density at radius 1 is 1.10 bits per heavy atom. The summed E-state index contributed by atoms with van der Waals surface area (Å²) in [4.78, 5) is 12.8. The molecule has 1 N–H and O–H groups in total. The number of H-pyrrole nitrogens is 1. The van der Waals surface area contributed by atoms with Crippen LogP contribution in [-0.4, -0.2) is 31.0 Å². The molecule has 31 heavy (non-hydrogen) atoms. The largest absolute Gasteiger partial charge is 0.369 e. The summed E-state index contributed by atoms with van der Waals surface area (Å²) in [5.74, 6) is 0.623. The number of nitrogens with one attached hydrogen (secondary N) is 1. The molecule has 7 nitrogen and oxygen atoms in total. The van der Waals surface area contributed by atoms with Gasteiger partial charge in [-0.15, -0.1) is 5.10 Å². The SMILES string of the molecule is Cc1ccc(C(=O)c2cccn2C/C=C/c2cccc(COCc3nnn[nH]3)c2)cc1. The van der Waals surface area contributed by atoms with Gasteiger partial charge in [0, 0.05) is 18.3 Å². The van der Waals surface area contributed by atoms with Gasteiger partial charge in [-0.05, 0) is 46.7 Å². The van der Waals surface area contributed by atoms with E-state index in [-0.39, 0.29) is 5.78 Å². The second-order valence-corrected chi connectivity index (χ2v) is 7.23. The number of carbonyl (C=O) groups is 1. The fourth-order valence-corrected chi connectivity index (χ4v) is 3.23.